The van der Waals surface area contributed by atoms with Crippen LogP contribution in [0.2, 0.25) is 0 Å². The first kappa shape index (κ1) is 30.4. The molecule has 0 fully saturated rings. The fraction of sp³-hybridized carbons (Fsp3) is 0.225. The number of anilines is 5. The minimum absolute atomic E-state index is 0.0262. The van der Waals surface area contributed by atoms with Crippen LogP contribution in [0.15, 0.2) is 122 Å². The van der Waals surface area contributed by atoms with Crippen LogP contribution in [0.1, 0.15) is 52.7 Å². The van der Waals surface area contributed by atoms with Crippen molar-refractivity contribution in [3.8, 4) is 11.5 Å². The van der Waals surface area contributed by atoms with Crippen molar-refractivity contribution in [2.75, 3.05) is 21.4 Å². The predicted molar refractivity (Wildman–Crippen MR) is 193 cm³/mol. The Morgan fingerprint density at radius 3 is 2.07 bits per heavy atom. The zero-order chi connectivity index (χ0) is 32.1. The van der Waals surface area contributed by atoms with E-state index in [-0.39, 0.29) is 10.8 Å². The number of rotatable bonds is 5. The van der Waals surface area contributed by atoms with E-state index < -0.39 is 20.9 Å². The summed E-state index contributed by atoms with van der Waals surface area (Å²) in [5.74, 6) is 2.56. The summed E-state index contributed by atoms with van der Waals surface area (Å²) in [5.41, 5.74) is 7.42. The normalized spacial score (nSPS) is 14.3. The van der Waals surface area contributed by atoms with E-state index in [1.165, 1.54) is 29.7 Å². The van der Waals surface area contributed by atoms with Crippen molar-refractivity contribution in [3.05, 3.63) is 133 Å². The third-order valence-electron chi connectivity index (χ3n) is 8.52. The Bertz CT molecular complexity index is 1920. The molecular weight excluding hydrogens is 680 g/mol. The van der Waals surface area contributed by atoms with E-state index in [1.54, 1.807) is 0 Å². The average Bonchev–Trinajstić information content (AvgIpc) is 3.54. The van der Waals surface area contributed by atoms with Gasteiger partial charge < -0.3 is 0 Å². The van der Waals surface area contributed by atoms with Gasteiger partial charge in [-0.3, -0.25) is 0 Å². The molecule has 0 spiro atoms. The average molecular weight is 720 g/mol. The SMILES string of the molecule is CC(C)(C)c1ccc(N2C=CN(c3cccc(Oc4ccc5c(c4)N(c4cc(C(C)(C)C)ccn4)c4ccccc4[Te]5)c3)C2)cc1. The van der Waals surface area contributed by atoms with Crippen LogP contribution in [0.25, 0.3) is 0 Å². The van der Waals surface area contributed by atoms with E-state index in [0.717, 1.165) is 35.4 Å². The van der Waals surface area contributed by atoms with Gasteiger partial charge in [-0.1, -0.05) is 32.9 Å². The Labute approximate surface area is 283 Å². The van der Waals surface area contributed by atoms with Gasteiger partial charge in [0.05, 0.1) is 0 Å². The summed E-state index contributed by atoms with van der Waals surface area (Å²) < 4.78 is 9.35. The maximum Gasteiger partial charge on any atom is -0.0381 e. The second-order valence-corrected chi connectivity index (χ2v) is 17.1. The first-order valence-corrected chi connectivity index (χ1v) is 18.1. The number of aromatic nitrogens is 1. The number of hydrogen-bond donors (Lipinski definition) is 0. The molecule has 0 unspecified atom stereocenters. The molecule has 2 aliphatic rings. The minimum Gasteiger partial charge on any atom is -0.0564 e. The minimum atomic E-state index is -0.555. The van der Waals surface area contributed by atoms with Crippen molar-refractivity contribution in [3.63, 3.8) is 0 Å². The molecule has 0 atom stereocenters. The van der Waals surface area contributed by atoms with Gasteiger partial charge in [0, 0.05) is 0 Å². The number of fused-ring (bicyclic) bond motifs is 2. The molecule has 6 heteroatoms. The van der Waals surface area contributed by atoms with E-state index in [4.69, 9.17) is 9.72 Å². The van der Waals surface area contributed by atoms with Crippen LogP contribution in [-0.4, -0.2) is 32.6 Å². The monoisotopic (exact) mass is 722 g/mol. The molecule has 5 aromatic rings. The maximum absolute atomic E-state index is 6.55. The number of benzene rings is 4. The number of pyridine rings is 1. The molecule has 0 bridgehead atoms. The van der Waals surface area contributed by atoms with Gasteiger partial charge in [0.2, 0.25) is 0 Å². The van der Waals surface area contributed by atoms with E-state index >= 15 is 0 Å². The van der Waals surface area contributed by atoms with Crippen molar-refractivity contribution < 1.29 is 4.74 Å². The van der Waals surface area contributed by atoms with E-state index in [2.05, 4.69) is 166 Å². The van der Waals surface area contributed by atoms with Gasteiger partial charge in [-0.05, 0) is 23.1 Å². The smallest absolute Gasteiger partial charge is 0.0381 e. The summed E-state index contributed by atoms with van der Waals surface area (Å²) in [7, 11) is 0. The van der Waals surface area contributed by atoms with E-state index in [0.29, 0.717) is 0 Å². The molecule has 232 valence electrons. The quantitative estimate of drug-likeness (QED) is 0.167. The van der Waals surface area contributed by atoms with Crippen molar-refractivity contribution in [1.29, 1.82) is 0 Å². The molecule has 4 aromatic carbocycles. The van der Waals surface area contributed by atoms with Gasteiger partial charge in [-0.25, -0.2) is 0 Å². The number of ether oxygens (including phenoxy) is 1. The largest absolute Gasteiger partial charge is 0.0564 e. The van der Waals surface area contributed by atoms with Crippen LogP contribution in [0.3, 0.4) is 0 Å². The van der Waals surface area contributed by atoms with Crippen molar-refractivity contribution in [2.45, 2.75) is 52.4 Å². The zero-order valence-electron chi connectivity index (χ0n) is 27.4. The Morgan fingerprint density at radius 1 is 0.609 bits per heavy atom. The zero-order valence-corrected chi connectivity index (χ0v) is 29.7. The van der Waals surface area contributed by atoms with Crippen LogP contribution >= 0.6 is 0 Å². The van der Waals surface area contributed by atoms with Gasteiger partial charge in [0.25, 0.3) is 0 Å². The molecule has 0 radical (unpaired) electrons. The van der Waals surface area contributed by atoms with Gasteiger partial charge in [0.1, 0.15) is 0 Å². The number of hydrogen-bond acceptors (Lipinski definition) is 5. The molecule has 2 aliphatic heterocycles. The summed E-state index contributed by atoms with van der Waals surface area (Å²) in [6.45, 7) is 14.2. The standard InChI is InChI=1S/C40H40N4OTe/c1-39(2,3)28-14-16-30(17-15-28)42-22-23-43(27-42)31-10-9-11-32(25-31)45-33-18-19-37-35(26-33)44(34-12-7-8-13-36(34)46-37)38-24-29(20-21-41-38)40(4,5)6/h7-26H,27H2,1-6H3. The molecule has 5 nitrogen and oxygen atoms in total. The topological polar surface area (TPSA) is 31.8 Å². The Hall–Kier alpha value is -4.24. The van der Waals surface area contributed by atoms with Crippen LogP contribution in [-0.2, 0) is 10.8 Å². The Morgan fingerprint density at radius 2 is 1.30 bits per heavy atom. The van der Waals surface area contributed by atoms with Gasteiger partial charge in [0.15, 0.2) is 0 Å². The summed E-state index contributed by atoms with van der Waals surface area (Å²) in [4.78, 5) is 11.7. The van der Waals surface area contributed by atoms with Gasteiger partial charge in [-0.15, -0.1) is 0 Å². The van der Waals surface area contributed by atoms with Crippen LogP contribution < -0.4 is 26.7 Å². The molecule has 7 rings (SSSR count). The molecule has 0 saturated heterocycles. The summed E-state index contributed by atoms with van der Waals surface area (Å²) in [6, 6.07) is 36.9. The second-order valence-electron chi connectivity index (χ2n) is 14.0. The molecule has 0 saturated carbocycles. The summed E-state index contributed by atoms with van der Waals surface area (Å²) >= 11 is -0.555. The van der Waals surface area contributed by atoms with Crippen molar-refractivity contribution >= 4 is 56.7 Å². The predicted octanol–water partition coefficient (Wildman–Crippen LogP) is 8.66. The molecule has 1 aromatic heterocycles. The third kappa shape index (κ3) is 6.12. The van der Waals surface area contributed by atoms with Gasteiger partial charge >= 0.3 is 229 Å². The van der Waals surface area contributed by atoms with E-state index in [9.17, 15) is 0 Å². The molecule has 46 heavy (non-hydrogen) atoms. The van der Waals surface area contributed by atoms with Gasteiger partial charge in [-0.2, -0.15) is 0 Å². The molecule has 0 aliphatic carbocycles. The maximum atomic E-state index is 6.55. The molecule has 3 heterocycles. The first-order chi connectivity index (χ1) is 22.0. The van der Waals surface area contributed by atoms with E-state index in [1.807, 2.05) is 12.3 Å². The molecule has 0 amide bonds. The molecular formula is C40H40N4OTe. The third-order valence-corrected chi connectivity index (χ3v) is 11.7. The van der Waals surface area contributed by atoms with Crippen LogP contribution in [0.4, 0.5) is 28.6 Å². The van der Waals surface area contributed by atoms with Crippen LogP contribution in [0.5, 0.6) is 11.5 Å². The van der Waals surface area contributed by atoms with Crippen molar-refractivity contribution in [1.82, 2.24) is 4.98 Å². The van der Waals surface area contributed by atoms with Crippen molar-refractivity contribution in [2.24, 2.45) is 0 Å². The number of para-hydroxylation sites is 1. The summed E-state index contributed by atoms with van der Waals surface area (Å²) in [5, 5.41) is 0. The second kappa shape index (κ2) is 11.8. The summed E-state index contributed by atoms with van der Waals surface area (Å²) in [6.07, 6.45) is 6.21. The Kier molecular flexibility index (Phi) is 7.83. The molecule has 0 N–H and O–H groups in total. The van der Waals surface area contributed by atoms with Crippen LogP contribution in [0, 0.1) is 0 Å². The number of nitrogens with zero attached hydrogens (tertiary/aromatic N) is 4. The fourth-order valence-electron chi connectivity index (χ4n) is 5.82. The first-order valence-electron chi connectivity index (χ1n) is 15.8. The fourth-order valence-corrected chi connectivity index (χ4v) is 8.79. The Balaban J connectivity index is 1.14.